The van der Waals surface area contributed by atoms with Crippen LogP contribution in [0.4, 0.5) is 0 Å². The van der Waals surface area contributed by atoms with E-state index >= 15 is 0 Å². The highest BCUT2D eigenvalue weighted by atomic mass is 35.5. The van der Waals surface area contributed by atoms with Crippen LogP contribution >= 0.6 is 11.6 Å². The van der Waals surface area contributed by atoms with Gasteiger partial charge in [0.1, 0.15) is 0 Å². The highest BCUT2D eigenvalue weighted by Crippen LogP contribution is 2.30. The summed E-state index contributed by atoms with van der Waals surface area (Å²) in [4.78, 5) is 2.57. The molecule has 0 bridgehead atoms. The molecular weight excluding hydrogens is 182 g/mol. The first kappa shape index (κ1) is 11.3. The van der Waals surface area contributed by atoms with E-state index in [1.165, 1.54) is 19.4 Å². The molecule has 0 aromatic heterocycles. The Morgan fingerprint density at radius 2 is 1.92 bits per heavy atom. The molecule has 1 nitrogen and oxygen atoms in total. The molecule has 0 heterocycles. The molecule has 1 unspecified atom stereocenters. The van der Waals surface area contributed by atoms with Gasteiger partial charge in [0.05, 0.1) is 0 Å². The van der Waals surface area contributed by atoms with E-state index in [-0.39, 0.29) is 0 Å². The van der Waals surface area contributed by atoms with Crippen molar-refractivity contribution >= 4 is 11.6 Å². The summed E-state index contributed by atoms with van der Waals surface area (Å²) >= 11 is 5.83. The third-order valence-corrected chi connectivity index (χ3v) is 3.26. The Morgan fingerprint density at radius 3 is 2.31 bits per heavy atom. The van der Waals surface area contributed by atoms with Gasteiger partial charge in [0.15, 0.2) is 0 Å². The Kier molecular flexibility index (Phi) is 4.54. The zero-order valence-electron chi connectivity index (χ0n) is 9.09. The van der Waals surface area contributed by atoms with Gasteiger partial charge in [-0.2, -0.15) is 0 Å². The Bertz CT molecular complexity index is 143. The first-order chi connectivity index (χ1) is 6.13. The highest BCUT2D eigenvalue weighted by molar-refractivity contribution is 6.18. The van der Waals surface area contributed by atoms with Crippen LogP contribution < -0.4 is 0 Å². The molecule has 0 N–H and O–H groups in total. The molecule has 0 aromatic rings. The van der Waals surface area contributed by atoms with Gasteiger partial charge < -0.3 is 4.90 Å². The van der Waals surface area contributed by atoms with Gasteiger partial charge in [-0.25, -0.2) is 0 Å². The van der Waals surface area contributed by atoms with E-state index in [2.05, 4.69) is 25.7 Å². The molecule has 0 radical (unpaired) electrons. The van der Waals surface area contributed by atoms with Crippen molar-refractivity contribution in [1.82, 2.24) is 4.90 Å². The molecule has 1 atom stereocenters. The van der Waals surface area contributed by atoms with E-state index < -0.39 is 0 Å². The second kappa shape index (κ2) is 5.21. The van der Waals surface area contributed by atoms with Crippen molar-refractivity contribution in [3.63, 3.8) is 0 Å². The van der Waals surface area contributed by atoms with E-state index in [1.807, 2.05) is 0 Å². The zero-order chi connectivity index (χ0) is 9.84. The summed E-state index contributed by atoms with van der Waals surface area (Å²) in [6, 6.07) is 0.672. The average molecular weight is 204 g/mol. The van der Waals surface area contributed by atoms with Crippen LogP contribution in [0.25, 0.3) is 0 Å². The molecule has 13 heavy (non-hydrogen) atoms. The maximum Gasteiger partial charge on any atom is 0.0261 e. The predicted molar refractivity (Wildman–Crippen MR) is 59.3 cm³/mol. The molecular formula is C11H22ClN. The average Bonchev–Trinajstić information content (AvgIpc) is 2.86. The second-order valence-electron chi connectivity index (χ2n) is 4.75. The molecule has 2 heteroatoms. The van der Waals surface area contributed by atoms with Gasteiger partial charge in [0.2, 0.25) is 0 Å². The van der Waals surface area contributed by atoms with Gasteiger partial charge in [0, 0.05) is 25.0 Å². The van der Waals surface area contributed by atoms with Crippen molar-refractivity contribution in [1.29, 1.82) is 0 Å². The fourth-order valence-corrected chi connectivity index (χ4v) is 1.67. The monoisotopic (exact) mass is 203 g/mol. The van der Waals surface area contributed by atoms with Crippen molar-refractivity contribution in [3.8, 4) is 0 Å². The molecule has 0 aliphatic heterocycles. The zero-order valence-corrected chi connectivity index (χ0v) is 9.85. The smallest absolute Gasteiger partial charge is 0.0261 e. The number of nitrogens with zero attached hydrogens (tertiary/aromatic N) is 1. The number of rotatable bonds is 6. The Morgan fingerprint density at radius 1 is 1.31 bits per heavy atom. The molecule has 1 rings (SSSR count). The van der Waals surface area contributed by atoms with E-state index in [1.54, 1.807) is 0 Å². The van der Waals surface area contributed by atoms with Crippen molar-refractivity contribution in [2.24, 2.45) is 11.8 Å². The van der Waals surface area contributed by atoms with Crippen molar-refractivity contribution in [2.45, 2.75) is 39.7 Å². The summed E-state index contributed by atoms with van der Waals surface area (Å²) in [5, 5.41) is 0. The highest BCUT2D eigenvalue weighted by Gasteiger charge is 2.25. The Labute approximate surface area is 87.4 Å². The first-order valence-corrected chi connectivity index (χ1v) is 5.97. The molecule has 1 aliphatic rings. The molecule has 78 valence electrons. The molecule has 1 saturated carbocycles. The summed E-state index contributed by atoms with van der Waals surface area (Å²) in [6.45, 7) is 9.25. The van der Waals surface area contributed by atoms with Crippen LogP contribution in [0.5, 0.6) is 0 Å². The summed E-state index contributed by atoms with van der Waals surface area (Å²) in [6.07, 6.45) is 2.89. The largest absolute Gasteiger partial charge is 0.300 e. The van der Waals surface area contributed by atoms with Crippen LogP contribution in [0.15, 0.2) is 0 Å². The minimum Gasteiger partial charge on any atom is -0.300 e. The fourth-order valence-electron chi connectivity index (χ4n) is 1.58. The summed E-state index contributed by atoms with van der Waals surface area (Å²) in [5.41, 5.74) is 0. The quantitative estimate of drug-likeness (QED) is 0.600. The second-order valence-corrected chi connectivity index (χ2v) is 5.06. The fraction of sp³-hybridized carbons (Fsp3) is 1.00. The minimum atomic E-state index is 0.628. The van der Waals surface area contributed by atoms with Crippen molar-refractivity contribution in [2.75, 3.05) is 19.0 Å². The molecule has 0 aromatic carbocycles. The molecule has 1 fully saturated rings. The van der Waals surface area contributed by atoms with Crippen molar-refractivity contribution in [3.05, 3.63) is 0 Å². The number of hydrogen-bond acceptors (Lipinski definition) is 1. The first-order valence-electron chi connectivity index (χ1n) is 5.43. The van der Waals surface area contributed by atoms with Crippen molar-refractivity contribution < 1.29 is 0 Å². The maximum atomic E-state index is 5.83. The molecule has 0 spiro atoms. The topological polar surface area (TPSA) is 3.24 Å². The van der Waals surface area contributed by atoms with Gasteiger partial charge in [-0.15, -0.1) is 11.6 Å². The van der Waals surface area contributed by atoms with E-state index in [9.17, 15) is 0 Å². The van der Waals surface area contributed by atoms with Gasteiger partial charge in [-0.05, 0) is 38.5 Å². The van der Waals surface area contributed by atoms with Crippen LogP contribution in [0.2, 0.25) is 0 Å². The lowest BCUT2D eigenvalue weighted by Gasteiger charge is -2.28. The van der Waals surface area contributed by atoms with Crippen LogP contribution in [-0.4, -0.2) is 29.9 Å². The lowest BCUT2D eigenvalue weighted by Crippen LogP contribution is -2.36. The third kappa shape index (κ3) is 4.33. The van der Waals surface area contributed by atoms with Crippen LogP contribution in [-0.2, 0) is 0 Å². The summed E-state index contributed by atoms with van der Waals surface area (Å²) in [5.74, 6) is 2.40. The SMILES string of the molecule is CC(CCl)CN(CC1CC1)C(C)C. The normalized spacial score (nSPS) is 19.8. The van der Waals surface area contributed by atoms with Crippen LogP contribution in [0.1, 0.15) is 33.6 Å². The standard InChI is InChI=1S/C11H22ClN/c1-9(2)13(7-10(3)6-12)8-11-4-5-11/h9-11H,4-8H2,1-3H3. The number of hydrogen-bond donors (Lipinski definition) is 0. The number of halogens is 1. The summed E-state index contributed by atoms with van der Waals surface area (Å²) in [7, 11) is 0. The molecule has 0 saturated heterocycles. The molecule has 1 aliphatic carbocycles. The summed E-state index contributed by atoms with van der Waals surface area (Å²) < 4.78 is 0. The van der Waals surface area contributed by atoms with Crippen LogP contribution in [0, 0.1) is 11.8 Å². The van der Waals surface area contributed by atoms with E-state index in [4.69, 9.17) is 11.6 Å². The predicted octanol–water partition coefficient (Wildman–Crippen LogP) is 2.98. The Balaban J connectivity index is 2.27. The molecule has 0 amide bonds. The van der Waals surface area contributed by atoms with E-state index in [0.717, 1.165) is 18.3 Å². The van der Waals surface area contributed by atoms with E-state index in [0.29, 0.717) is 12.0 Å². The maximum absolute atomic E-state index is 5.83. The Hall–Kier alpha value is 0.250. The lowest BCUT2D eigenvalue weighted by molar-refractivity contribution is 0.190. The van der Waals surface area contributed by atoms with Gasteiger partial charge in [-0.1, -0.05) is 6.92 Å². The lowest BCUT2D eigenvalue weighted by atomic mass is 10.1. The minimum absolute atomic E-state index is 0.628. The third-order valence-electron chi connectivity index (χ3n) is 2.73. The van der Waals surface area contributed by atoms with Gasteiger partial charge >= 0.3 is 0 Å². The number of alkyl halides is 1. The van der Waals surface area contributed by atoms with Crippen LogP contribution in [0.3, 0.4) is 0 Å². The van der Waals surface area contributed by atoms with Gasteiger partial charge in [0.25, 0.3) is 0 Å². The van der Waals surface area contributed by atoms with Gasteiger partial charge in [-0.3, -0.25) is 0 Å².